The lowest BCUT2D eigenvalue weighted by Gasteiger charge is -2.52. The average molecular weight is 642 g/mol. The fraction of sp³-hybridized carbons (Fsp3) is 0.639. The van der Waals surface area contributed by atoms with Crippen LogP contribution in [0.1, 0.15) is 91.3 Å². The molecule has 1 aliphatic heterocycles. The molecule has 1 fully saturated rings. The first-order valence-electron chi connectivity index (χ1n) is 16.1. The highest BCUT2D eigenvalue weighted by Crippen LogP contribution is 2.54. The SMILES string of the molecule is CC(C)(C)[C@]1(CO[Si](C)(C)C(C)(C)C)[C@@H](c2cc(CO[Si](C)(C)C(C)(C)C)cc(OCc3ccccc3)c2)CCN1C(=O)O. The van der Waals surface area contributed by atoms with E-state index in [0.717, 1.165) is 28.9 Å². The van der Waals surface area contributed by atoms with E-state index < -0.39 is 33.7 Å². The van der Waals surface area contributed by atoms with Crippen LogP contribution in [0.15, 0.2) is 48.5 Å². The number of rotatable bonds is 10. The Morgan fingerprint density at radius 1 is 0.841 bits per heavy atom. The predicted octanol–water partition coefficient (Wildman–Crippen LogP) is 10.1. The van der Waals surface area contributed by atoms with E-state index in [-0.39, 0.29) is 16.0 Å². The molecule has 0 unspecified atom stereocenters. The number of hydrogen-bond acceptors (Lipinski definition) is 4. The Bertz CT molecular complexity index is 1270. The van der Waals surface area contributed by atoms with Crippen LogP contribution in [0.2, 0.25) is 36.3 Å². The summed E-state index contributed by atoms with van der Waals surface area (Å²) in [5, 5.41) is 10.7. The van der Waals surface area contributed by atoms with Crippen LogP contribution in [-0.4, -0.2) is 51.4 Å². The molecular formula is C36H59NO5Si2. The second-order valence-electron chi connectivity index (χ2n) is 16.7. The molecular weight excluding hydrogens is 583 g/mol. The third-order valence-corrected chi connectivity index (χ3v) is 19.7. The van der Waals surface area contributed by atoms with Gasteiger partial charge in [-0.3, -0.25) is 4.90 Å². The van der Waals surface area contributed by atoms with Gasteiger partial charge in [0.2, 0.25) is 0 Å². The van der Waals surface area contributed by atoms with Crippen molar-refractivity contribution in [2.24, 2.45) is 5.41 Å². The molecule has 0 aliphatic carbocycles. The molecule has 1 aliphatic rings. The van der Waals surface area contributed by atoms with Gasteiger partial charge in [-0.25, -0.2) is 4.79 Å². The molecule has 1 amide bonds. The van der Waals surface area contributed by atoms with Crippen molar-refractivity contribution in [1.29, 1.82) is 0 Å². The number of ether oxygens (including phenoxy) is 1. The first-order chi connectivity index (χ1) is 20.0. The number of benzene rings is 2. The van der Waals surface area contributed by atoms with E-state index in [0.29, 0.717) is 26.4 Å². The Balaban J connectivity index is 2.13. The fourth-order valence-electron chi connectivity index (χ4n) is 5.70. The lowest BCUT2D eigenvalue weighted by atomic mass is 9.65. The molecule has 0 spiro atoms. The van der Waals surface area contributed by atoms with Crippen molar-refractivity contribution in [3.05, 3.63) is 65.2 Å². The van der Waals surface area contributed by atoms with Crippen molar-refractivity contribution in [1.82, 2.24) is 4.90 Å². The number of amides is 1. The Kier molecular flexibility index (Phi) is 10.7. The molecule has 8 heteroatoms. The molecule has 246 valence electrons. The number of likely N-dealkylation sites (tertiary alicyclic amines) is 1. The van der Waals surface area contributed by atoms with Gasteiger partial charge in [0.1, 0.15) is 12.4 Å². The van der Waals surface area contributed by atoms with Crippen molar-refractivity contribution in [3.8, 4) is 5.75 Å². The third-order valence-electron chi connectivity index (χ3n) is 10.7. The van der Waals surface area contributed by atoms with Gasteiger partial charge in [0, 0.05) is 12.5 Å². The Hall–Kier alpha value is -2.14. The Morgan fingerprint density at radius 2 is 1.41 bits per heavy atom. The quantitative estimate of drug-likeness (QED) is 0.262. The maximum atomic E-state index is 12.9. The van der Waals surface area contributed by atoms with Crippen LogP contribution in [0, 0.1) is 5.41 Å². The zero-order valence-corrected chi connectivity index (χ0v) is 31.8. The largest absolute Gasteiger partial charge is 0.489 e. The summed E-state index contributed by atoms with van der Waals surface area (Å²) in [7, 11) is -4.18. The van der Waals surface area contributed by atoms with Crippen LogP contribution >= 0.6 is 0 Å². The normalized spacial score (nSPS) is 20.2. The molecule has 0 bridgehead atoms. The smallest absolute Gasteiger partial charge is 0.407 e. The highest BCUT2D eigenvalue weighted by Gasteiger charge is 2.59. The summed E-state index contributed by atoms with van der Waals surface area (Å²) < 4.78 is 20.0. The maximum absolute atomic E-state index is 12.9. The maximum Gasteiger partial charge on any atom is 0.407 e. The van der Waals surface area contributed by atoms with Gasteiger partial charge in [-0.2, -0.15) is 0 Å². The molecule has 3 rings (SSSR count). The first kappa shape index (κ1) is 36.3. The van der Waals surface area contributed by atoms with Crippen LogP contribution in [0.25, 0.3) is 0 Å². The van der Waals surface area contributed by atoms with Crippen molar-refractivity contribution in [2.75, 3.05) is 13.2 Å². The van der Waals surface area contributed by atoms with E-state index in [1.807, 2.05) is 18.2 Å². The molecule has 44 heavy (non-hydrogen) atoms. The minimum absolute atomic E-state index is 0.00762. The van der Waals surface area contributed by atoms with Crippen molar-refractivity contribution >= 4 is 22.7 Å². The minimum atomic E-state index is -2.18. The summed E-state index contributed by atoms with van der Waals surface area (Å²) in [4.78, 5) is 14.6. The summed E-state index contributed by atoms with van der Waals surface area (Å²) in [5.74, 6) is 0.706. The minimum Gasteiger partial charge on any atom is -0.489 e. The van der Waals surface area contributed by atoms with E-state index in [1.54, 1.807) is 4.90 Å². The van der Waals surface area contributed by atoms with Crippen LogP contribution in [0.3, 0.4) is 0 Å². The molecule has 2 aromatic rings. The Morgan fingerprint density at radius 3 is 1.93 bits per heavy atom. The van der Waals surface area contributed by atoms with Crippen LogP contribution in [0.4, 0.5) is 4.79 Å². The number of carboxylic acid groups (broad SMARTS) is 1. The lowest BCUT2D eigenvalue weighted by molar-refractivity contribution is -0.0178. The monoisotopic (exact) mass is 641 g/mol. The molecule has 0 aromatic heterocycles. The van der Waals surface area contributed by atoms with E-state index >= 15 is 0 Å². The van der Waals surface area contributed by atoms with E-state index in [9.17, 15) is 9.90 Å². The first-order valence-corrected chi connectivity index (χ1v) is 21.9. The van der Waals surface area contributed by atoms with Crippen molar-refractivity contribution in [2.45, 2.75) is 130 Å². The van der Waals surface area contributed by atoms with Crippen LogP contribution in [0.5, 0.6) is 5.75 Å². The van der Waals surface area contributed by atoms with Gasteiger partial charge in [-0.15, -0.1) is 0 Å². The van der Waals surface area contributed by atoms with E-state index in [2.05, 4.69) is 119 Å². The highest BCUT2D eigenvalue weighted by molar-refractivity contribution is 6.74. The van der Waals surface area contributed by atoms with Gasteiger partial charge in [0.15, 0.2) is 16.6 Å². The fourth-order valence-corrected chi connectivity index (χ4v) is 7.67. The van der Waals surface area contributed by atoms with Gasteiger partial charge in [0.05, 0.1) is 18.8 Å². The van der Waals surface area contributed by atoms with E-state index in [4.69, 9.17) is 13.6 Å². The predicted molar refractivity (Wildman–Crippen MR) is 187 cm³/mol. The second kappa shape index (κ2) is 12.9. The number of hydrogen-bond donors (Lipinski definition) is 1. The zero-order chi connectivity index (χ0) is 33.4. The van der Waals surface area contributed by atoms with Crippen LogP contribution < -0.4 is 4.74 Å². The topological polar surface area (TPSA) is 68.2 Å². The summed E-state index contributed by atoms with van der Waals surface area (Å²) in [6.07, 6.45) is -0.172. The molecule has 2 aromatic carbocycles. The summed E-state index contributed by atoms with van der Waals surface area (Å²) >= 11 is 0. The zero-order valence-electron chi connectivity index (χ0n) is 29.8. The average Bonchev–Trinajstić information content (AvgIpc) is 3.30. The van der Waals surface area contributed by atoms with Gasteiger partial charge >= 0.3 is 6.09 Å². The molecule has 6 nitrogen and oxygen atoms in total. The van der Waals surface area contributed by atoms with Crippen LogP contribution in [-0.2, 0) is 22.1 Å². The van der Waals surface area contributed by atoms with E-state index in [1.165, 1.54) is 0 Å². The van der Waals surface area contributed by atoms with Gasteiger partial charge in [-0.05, 0) is 76.9 Å². The molecule has 0 radical (unpaired) electrons. The molecule has 1 saturated heterocycles. The molecule has 0 saturated carbocycles. The van der Waals surface area contributed by atoms with Crippen molar-refractivity contribution in [3.63, 3.8) is 0 Å². The number of carbonyl (C=O) groups is 1. The molecule has 1 heterocycles. The lowest BCUT2D eigenvalue weighted by Crippen LogP contribution is -2.62. The Labute approximate surface area is 269 Å². The van der Waals surface area contributed by atoms with Gasteiger partial charge in [-0.1, -0.05) is 98.7 Å². The molecule has 1 N–H and O–H groups in total. The van der Waals surface area contributed by atoms with Gasteiger partial charge < -0.3 is 18.7 Å². The standard InChI is InChI=1S/C36H59NO5Si2/c1-33(2,3)36(26-42-44(12,13)35(7,8)9)31(19-20-37(36)32(38)39)29-21-28(25-41-43(10,11)34(4,5)6)22-30(23-29)40-24-27-17-15-14-16-18-27/h14-18,21-23,31H,19-20,24-26H2,1-13H3,(H,38,39)/t31-,36+/m1/s1. The third kappa shape index (κ3) is 7.80. The summed E-state index contributed by atoms with van der Waals surface area (Å²) in [5.41, 5.74) is 2.08. The number of nitrogens with zero attached hydrogens (tertiary/aromatic N) is 1. The highest BCUT2D eigenvalue weighted by atomic mass is 28.4. The summed E-state index contributed by atoms with van der Waals surface area (Å²) in [6.45, 7) is 30.7. The van der Waals surface area contributed by atoms with Crippen molar-refractivity contribution < 1.29 is 23.5 Å². The van der Waals surface area contributed by atoms with Gasteiger partial charge in [0.25, 0.3) is 0 Å². The summed E-state index contributed by atoms with van der Waals surface area (Å²) in [6, 6.07) is 16.6. The second-order valence-corrected chi connectivity index (χ2v) is 26.4. The molecule has 2 atom stereocenters.